The van der Waals surface area contributed by atoms with Crippen molar-refractivity contribution in [2.75, 3.05) is 0 Å². The molecule has 3 aromatic carbocycles. The first kappa shape index (κ1) is 7.48. The number of hydrogen-bond donors (Lipinski definition) is 2. The van der Waals surface area contributed by atoms with E-state index in [9.17, 15) is 10.0 Å². The van der Waals surface area contributed by atoms with E-state index in [0.717, 1.165) is 0 Å². The molecule has 2 nitrogen and oxygen atoms in total. The van der Waals surface area contributed by atoms with Crippen molar-refractivity contribution in [2.24, 2.45) is 0 Å². The molecule has 3 heteroatoms. The number of fused-ring (bicyclic) bond motifs is 1. The van der Waals surface area contributed by atoms with Gasteiger partial charge in [-0.25, -0.2) is 0 Å². The Balaban J connectivity index is 2.40. The Morgan fingerprint density at radius 1 is 0.895 bits per heavy atom. The summed E-state index contributed by atoms with van der Waals surface area (Å²) in [5.74, 6) is 0. The van der Waals surface area contributed by atoms with Gasteiger partial charge in [-0.15, -0.1) is 0 Å². The predicted molar refractivity (Wildman–Crippen MR) is 79.2 cm³/mol. The zero-order valence-electron chi connectivity index (χ0n) is 14.9. The highest BCUT2D eigenvalue weighted by atomic mass is 16.4. The maximum absolute atomic E-state index is 9.64. The predicted octanol–water partition coefficient (Wildman–Crippen LogP) is 2.19. The molecular formula is C16H13BO2. The Hall–Kier alpha value is -2.10. The van der Waals surface area contributed by atoms with Gasteiger partial charge in [0.1, 0.15) is 0 Å². The summed E-state index contributed by atoms with van der Waals surface area (Å²) >= 11 is 0. The summed E-state index contributed by atoms with van der Waals surface area (Å²) in [6.07, 6.45) is 0. The van der Waals surface area contributed by atoms with Crippen molar-refractivity contribution >= 4 is 23.4 Å². The van der Waals surface area contributed by atoms with Gasteiger partial charge in [0.15, 0.2) is 0 Å². The number of benzene rings is 3. The van der Waals surface area contributed by atoms with E-state index in [1.165, 1.54) is 6.07 Å². The van der Waals surface area contributed by atoms with Gasteiger partial charge in [-0.05, 0) is 33.4 Å². The summed E-state index contributed by atoms with van der Waals surface area (Å²) in [5, 5.41) is 20.6. The highest BCUT2D eigenvalue weighted by molar-refractivity contribution is 6.62. The normalized spacial score (nSPS) is 14.3. The van der Waals surface area contributed by atoms with Crippen molar-refractivity contribution in [2.45, 2.75) is 0 Å². The lowest BCUT2D eigenvalue weighted by Crippen LogP contribution is -2.30. The molecule has 0 aliphatic rings. The van der Waals surface area contributed by atoms with E-state index in [1.54, 1.807) is 30.3 Å². The average Bonchev–Trinajstić information content (AvgIpc) is 2.57. The van der Waals surface area contributed by atoms with Crippen LogP contribution in [-0.4, -0.2) is 17.2 Å². The van der Waals surface area contributed by atoms with Gasteiger partial charge < -0.3 is 10.0 Å². The van der Waals surface area contributed by atoms with Gasteiger partial charge in [-0.3, -0.25) is 0 Å². The Kier molecular flexibility index (Phi) is 1.92. The van der Waals surface area contributed by atoms with Crippen molar-refractivity contribution in [3.05, 3.63) is 66.6 Å². The van der Waals surface area contributed by atoms with Gasteiger partial charge in [-0.2, -0.15) is 0 Å². The first-order valence-electron chi connectivity index (χ1n) is 8.29. The lowest BCUT2D eigenvalue weighted by molar-refractivity contribution is 0.426. The Labute approximate surface area is 119 Å². The summed E-state index contributed by atoms with van der Waals surface area (Å²) in [6, 6.07) is 8.20. The van der Waals surface area contributed by atoms with Gasteiger partial charge in [0.05, 0.1) is 6.85 Å². The van der Waals surface area contributed by atoms with Crippen LogP contribution in [0, 0.1) is 0 Å². The van der Waals surface area contributed by atoms with Gasteiger partial charge in [0, 0.05) is 0 Å². The van der Waals surface area contributed by atoms with Crippen LogP contribution in [0.3, 0.4) is 0 Å². The molecule has 92 valence electrons. The third-order valence-electron chi connectivity index (χ3n) is 2.96. The molecule has 0 bridgehead atoms. The second-order valence-electron chi connectivity index (χ2n) is 4.16. The maximum atomic E-state index is 9.64. The van der Waals surface area contributed by atoms with Crippen LogP contribution >= 0.6 is 0 Å². The first-order valence-corrected chi connectivity index (χ1v) is 5.79. The number of hydrogen-bond acceptors (Lipinski definition) is 2. The van der Waals surface area contributed by atoms with Crippen molar-refractivity contribution in [3.63, 3.8) is 0 Å². The molecule has 0 unspecified atom stereocenters. The highest BCUT2D eigenvalue weighted by Crippen LogP contribution is 2.23. The minimum absolute atomic E-state index is 0.0358. The third-order valence-corrected chi connectivity index (χ3v) is 2.96. The van der Waals surface area contributed by atoms with E-state index in [4.69, 9.17) is 6.85 Å². The van der Waals surface area contributed by atoms with Crippen LogP contribution in [0.4, 0.5) is 0 Å². The van der Waals surface area contributed by atoms with E-state index in [-0.39, 0.29) is 23.1 Å². The van der Waals surface area contributed by atoms with E-state index < -0.39 is 25.2 Å². The first-order chi connectivity index (χ1) is 11.3. The zero-order chi connectivity index (χ0) is 17.6. The van der Waals surface area contributed by atoms with Crippen LogP contribution in [0.1, 0.15) is 6.85 Å². The molecule has 19 heavy (non-hydrogen) atoms. The largest absolute Gasteiger partial charge is 0.489 e. The van der Waals surface area contributed by atoms with Gasteiger partial charge in [0.2, 0.25) is 0 Å². The zero-order valence-corrected chi connectivity index (χ0v) is 9.94. The molecule has 0 amide bonds. The fourth-order valence-electron chi connectivity index (χ4n) is 2.09. The standard InChI is InChI=1S/C16H13BO2/c18-17(19)16-11-14(12-6-2-1-3-7-12)10-13-8-4-5-9-15(13)16/h1-11,18-19H/i1D,2D,3D,6D,7D. The third kappa shape index (κ3) is 2.26. The molecule has 0 fully saturated rings. The van der Waals surface area contributed by atoms with E-state index in [2.05, 4.69) is 0 Å². The van der Waals surface area contributed by atoms with Crippen LogP contribution in [0.5, 0.6) is 0 Å². The van der Waals surface area contributed by atoms with Crippen LogP contribution in [0.25, 0.3) is 21.9 Å². The minimum Gasteiger partial charge on any atom is -0.423 e. The second-order valence-corrected chi connectivity index (χ2v) is 4.16. The lowest BCUT2D eigenvalue weighted by atomic mass is 9.76. The van der Waals surface area contributed by atoms with E-state index >= 15 is 0 Å². The van der Waals surface area contributed by atoms with Crippen LogP contribution in [-0.2, 0) is 0 Å². The molecule has 0 spiro atoms. The summed E-state index contributed by atoms with van der Waals surface area (Å²) in [7, 11) is -1.74. The van der Waals surface area contributed by atoms with Crippen molar-refractivity contribution in [1.29, 1.82) is 0 Å². The fraction of sp³-hybridized carbons (Fsp3) is 0. The molecule has 0 aromatic heterocycles. The summed E-state index contributed by atoms with van der Waals surface area (Å²) in [6.45, 7) is 0. The summed E-state index contributed by atoms with van der Waals surface area (Å²) in [5.41, 5.74) is 0.595. The molecule has 0 saturated carbocycles. The van der Waals surface area contributed by atoms with Crippen LogP contribution < -0.4 is 5.46 Å². The van der Waals surface area contributed by atoms with Crippen LogP contribution in [0.15, 0.2) is 66.6 Å². The van der Waals surface area contributed by atoms with E-state index in [0.29, 0.717) is 16.3 Å². The Bertz CT molecular complexity index is 930. The quantitative estimate of drug-likeness (QED) is 0.687. The lowest BCUT2D eigenvalue weighted by Gasteiger charge is -2.10. The summed E-state index contributed by atoms with van der Waals surface area (Å²) < 4.78 is 39.3. The Morgan fingerprint density at radius 3 is 2.37 bits per heavy atom. The van der Waals surface area contributed by atoms with Gasteiger partial charge in [-0.1, -0.05) is 60.5 Å². The van der Waals surface area contributed by atoms with Gasteiger partial charge >= 0.3 is 7.12 Å². The smallest absolute Gasteiger partial charge is 0.423 e. The molecule has 0 atom stereocenters. The SMILES string of the molecule is [2H]c1c([2H])c([2H])c(-c2cc(B(O)O)c3ccccc3c2)c([2H])c1[2H]. The molecule has 0 heterocycles. The monoisotopic (exact) mass is 253 g/mol. The van der Waals surface area contributed by atoms with Gasteiger partial charge in [0.25, 0.3) is 0 Å². The molecule has 2 N–H and O–H groups in total. The molecule has 3 aromatic rings. The topological polar surface area (TPSA) is 40.5 Å². The molecular weight excluding hydrogens is 235 g/mol. The fourth-order valence-corrected chi connectivity index (χ4v) is 2.09. The van der Waals surface area contributed by atoms with Crippen LogP contribution in [0.2, 0.25) is 0 Å². The molecule has 0 aliphatic carbocycles. The molecule has 0 saturated heterocycles. The highest BCUT2D eigenvalue weighted by Gasteiger charge is 2.16. The summed E-state index contributed by atoms with van der Waals surface area (Å²) in [4.78, 5) is 0. The second kappa shape index (κ2) is 4.88. The molecule has 3 rings (SSSR count). The molecule has 0 aliphatic heterocycles. The number of rotatable bonds is 2. The van der Waals surface area contributed by atoms with E-state index in [1.807, 2.05) is 0 Å². The minimum atomic E-state index is -1.74. The van der Waals surface area contributed by atoms with Crippen molar-refractivity contribution in [1.82, 2.24) is 0 Å². The average molecular weight is 253 g/mol. The maximum Gasteiger partial charge on any atom is 0.489 e. The van der Waals surface area contributed by atoms with Crippen molar-refractivity contribution in [3.8, 4) is 11.1 Å². The van der Waals surface area contributed by atoms with Crippen molar-refractivity contribution < 1.29 is 16.9 Å². The Morgan fingerprint density at radius 2 is 1.63 bits per heavy atom. The molecule has 0 radical (unpaired) electrons.